The molecule has 8 nitrogen and oxygen atoms in total. The molecule has 2 aromatic rings. The van der Waals surface area contributed by atoms with E-state index in [-0.39, 0.29) is 23.8 Å². The molecule has 1 aromatic heterocycles. The van der Waals surface area contributed by atoms with Crippen LogP contribution in [0.15, 0.2) is 35.3 Å². The summed E-state index contributed by atoms with van der Waals surface area (Å²) in [5, 5.41) is 11.9. The van der Waals surface area contributed by atoms with Crippen molar-refractivity contribution in [2.75, 3.05) is 20.2 Å². The number of carbonyl (C=O) groups is 1. The molecular formula is C21H30N6O2. The highest BCUT2D eigenvalue weighted by atomic mass is 16.5. The van der Waals surface area contributed by atoms with Crippen LogP contribution in [0.1, 0.15) is 37.1 Å². The van der Waals surface area contributed by atoms with Gasteiger partial charge in [0.2, 0.25) is 0 Å². The Kier molecular flexibility index (Phi) is 6.51. The Morgan fingerprint density at radius 1 is 1.31 bits per heavy atom. The van der Waals surface area contributed by atoms with Gasteiger partial charge in [-0.3, -0.25) is 4.79 Å². The Labute approximate surface area is 172 Å². The molecular weight excluding hydrogens is 368 g/mol. The van der Waals surface area contributed by atoms with Crippen molar-refractivity contribution < 1.29 is 9.53 Å². The van der Waals surface area contributed by atoms with Gasteiger partial charge in [0.1, 0.15) is 12.4 Å². The summed E-state index contributed by atoms with van der Waals surface area (Å²) in [5.41, 5.74) is 1.17. The average Bonchev–Trinajstić information content (AvgIpc) is 3.27. The molecule has 0 amide bonds. The molecule has 1 aliphatic rings. The number of carbonyl (C=O) groups excluding carboxylic acids is 1. The zero-order valence-electron chi connectivity index (χ0n) is 17.8. The molecule has 3 rings (SSSR count). The van der Waals surface area contributed by atoms with Gasteiger partial charge in [-0.05, 0) is 25.3 Å². The van der Waals surface area contributed by atoms with E-state index in [4.69, 9.17) is 9.73 Å². The summed E-state index contributed by atoms with van der Waals surface area (Å²) in [6.07, 6.45) is 0. The van der Waals surface area contributed by atoms with Crippen LogP contribution in [0.4, 0.5) is 0 Å². The zero-order valence-corrected chi connectivity index (χ0v) is 17.8. The second-order valence-electron chi connectivity index (χ2n) is 7.65. The van der Waals surface area contributed by atoms with Crippen molar-refractivity contribution in [1.82, 2.24) is 25.0 Å². The molecule has 3 unspecified atom stereocenters. The highest BCUT2D eigenvalue weighted by molar-refractivity contribution is 5.82. The van der Waals surface area contributed by atoms with E-state index >= 15 is 0 Å². The summed E-state index contributed by atoms with van der Waals surface area (Å²) < 4.78 is 6.92. The quantitative estimate of drug-likeness (QED) is 0.472. The van der Waals surface area contributed by atoms with Gasteiger partial charge in [0.05, 0.1) is 19.1 Å². The molecule has 1 fully saturated rings. The fourth-order valence-corrected chi connectivity index (χ4v) is 3.59. The lowest BCUT2D eigenvalue weighted by Gasteiger charge is -2.25. The Morgan fingerprint density at radius 3 is 2.66 bits per heavy atom. The van der Waals surface area contributed by atoms with Gasteiger partial charge in [-0.25, -0.2) is 4.99 Å². The second-order valence-corrected chi connectivity index (χ2v) is 7.65. The maximum absolute atomic E-state index is 12.1. The lowest BCUT2D eigenvalue weighted by molar-refractivity contribution is -0.145. The second kappa shape index (κ2) is 9.07. The van der Waals surface area contributed by atoms with Crippen molar-refractivity contribution in [3.8, 4) is 0 Å². The van der Waals surface area contributed by atoms with E-state index in [1.54, 1.807) is 0 Å². The summed E-state index contributed by atoms with van der Waals surface area (Å²) in [6, 6.07) is 10.3. The Morgan fingerprint density at radius 2 is 2.03 bits per heavy atom. The summed E-state index contributed by atoms with van der Waals surface area (Å²) in [6.45, 7) is 7.83. The Balaban J connectivity index is 1.82. The van der Waals surface area contributed by atoms with Crippen molar-refractivity contribution in [2.24, 2.45) is 23.9 Å². The molecule has 0 saturated carbocycles. The highest BCUT2D eigenvalue weighted by Gasteiger charge is 2.37. The SMILES string of the molecule is COC(=O)C1CN(C(=NCc2nnc(C)n2C)NC(C)c2ccccc2)CC1C. The number of aliphatic imine (C=N–C) groups is 1. The number of ether oxygens (including phenoxy) is 1. The lowest BCUT2D eigenvalue weighted by atomic mass is 9.99. The molecule has 1 aromatic carbocycles. The van der Waals surface area contributed by atoms with Crippen LogP contribution >= 0.6 is 0 Å². The van der Waals surface area contributed by atoms with Gasteiger partial charge in [0.25, 0.3) is 0 Å². The zero-order chi connectivity index (χ0) is 21.0. The van der Waals surface area contributed by atoms with Crippen LogP contribution in [0, 0.1) is 18.8 Å². The molecule has 0 aliphatic carbocycles. The first kappa shape index (κ1) is 20.8. The van der Waals surface area contributed by atoms with Gasteiger partial charge < -0.3 is 19.5 Å². The minimum atomic E-state index is -0.167. The van der Waals surface area contributed by atoms with Crippen LogP contribution in [0.3, 0.4) is 0 Å². The van der Waals surface area contributed by atoms with E-state index < -0.39 is 0 Å². The van der Waals surface area contributed by atoms with Crippen molar-refractivity contribution in [3.63, 3.8) is 0 Å². The summed E-state index contributed by atoms with van der Waals surface area (Å²) in [7, 11) is 3.38. The number of methoxy groups -OCH3 is 1. The van der Waals surface area contributed by atoms with Crippen molar-refractivity contribution >= 4 is 11.9 Å². The van der Waals surface area contributed by atoms with Gasteiger partial charge in [0.15, 0.2) is 11.8 Å². The predicted octanol–water partition coefficient (Wildman–Crippen LogP) is 2.07. The number of benzene rings is 1. The fraction of sp³-hybridized carbons (Fsp3) is 0.524. The number of rotatable bonds is 5. The largest absolute Gasteiger partial charge is 0.469 e. The molecule has 0 spiro atoms. The molecule has 29 heavy (non-hydrogen) atoms. The molecule has 2 heterocycles. The Bertz CT molecular complexity index is 863. The van der Waals surface area contributed by atoms with Gasteiger partial charge in [-0.1, -0.05) is 37.3 Å². The molecule has 156 valence electrons. The number of aromatic nitrogens is 3. The van der Waals surface area contributed by atoms with Crippen LogP contribution in [-0.2, 0) is 23.1 Å². The average molecular weight is 399 g/mol. The molecule has 1 N–H and O–H groups in total. The minimum absolute atomic E-state index is 0.0728. The van der Waals surface area contributed by atoms with E-state index in [9.17, 15) is 4.79 Å². The first-order valence-electron chi connectivity index (χ1n) is 9.94. The van der Waals surface area contributed by atoms with E-state index in [0.717, 1.165) is 24.2 Å². The van der Waals surface area contributed by atoms with E-state index in [1.807, 2.05) is 36.7 Å². The minimum Gasteiger partial charge on any atom is -0.469 e. The fourth-order valence-electron chi connectivity index (χ4n) is 3.59. The lowest BCUT2D eigenvalue weighted by Crippen LogP contribution is -2.42. The van der Waals surface area contributed by atoms with Crippen molar-refractivity contribution in [1.29, 1.82) is 0 Å². The van der Waals surface area contributed by atoms with Crippen LogP contribution < -0.4 is 5.32 Å². The summed E-state index contributed by atoms with van der Waals surface area (Å²) >= 11 is 0. The van der Waals surface area contributed by atoms with Gasteiger partial charge in [0, 0.05) is 20.1 Å². The standard InChI is InChI=1S/C21H30N6O2/c1-14-12-27(13-18(14)20(28)29-5)21(22-11-19-25-24-16(3)26(19)4)23-15(2)17-9-7-6-8-10-17/h6-10,14-15,18H,11-13H2,1-5H3,(H,22,23). The predicted molar refractivity (Wildman–Crippen MR) is 111 cm³/mol. The van der Waals surface area contributed by atoms with Crippen molar-refractivity contribution in [3.05, 3.63) is 47.5 Å². The van der Waals surface area contributed by atoms with Crippen molar-refractivity contribution in [2.45, 2.75) is 33.4 Å². The third kappa shape index (κ3) is 4.75. The number of likely N-dealkylation sites (tertiary alicyclic amines) is 1. The molecule has 1 saturated heterocycles. The van der Waals surface area contributed by atoms with E-state index in [2.05, 4.69) is 46.4 Å². The molecule has 3 atom stereocenters. The van der Waals surface area contributed by atoms with Gasteiger partial charge in [-0.2, -0.15) is 0 Å². The number of esters is 1. The highest BCUT2D eigenvalue weighted by Crippen LogP contribution is 2.25. The van der Waals surface area contributed by atoms with E-state index in [0.29, 0.717) is 13.1 Å². The Hall–Kier alpha value is -2.90. The van der Waals surface area contributed by atoms with Crippen LogP contribution in [0.25, 0.3) is 0 Å². The van der Waals surface area contributed by atoms with E-state index in [1.165, 1.54) is 12.7 Å². The van der Waals surface area contributed by atoms with Crippen LogP contribution in [-0.4, -0.2) is 51.8 Å². The number of nitrogens with one attached hydrogen (secondary N) is 1. The maximum atomic E-state index is 12.1. The van der Waals surface area contributed by atoms with Crippen LogP contribution in [0.5, 0.6) is 0 Å². The smallest absolute Gasteiger partial charge is 0.310 e. The first-order chi connectivity index (χ1) is 13.9. The summed E-state index contributed by atoms with van der Waals surface area (Å²) in [5.74, 6) is 2.28. The maximum Gasteiger partial charge on any atom is 0.310 e. The summed E-state index contributed by atoms with van der Waals surface area (Å²) in [4.78, 5) is 19.1. The molecule has 8 heteroatoms. The number of aryl methyl sites for hydroxylation is 1. The first-order valence-corrected chi connectivity index (χ1v) is 9.94. The normalized spacial score (nSPS) is 20.6. The molecule has 1 aliphatic heterocycles. The molecule has 0 bridgehead atoms. The third-order valence-corrected chi connectivity index (χ3v) is 5.61. The van der Waals surface area contributed by atoms with Gasteiger partial charge >= 0.3 is 5.97 Å². The number of nitrogens with zero attached hydrogens (tertiary/aromatic N) is 5. The molecule has 0 radical (unpaired) electrons. The van der Waals surface area contributed by atoms with Gasteiger partial charge in [-0.15, -0.1) is 10.2 Å². The topological polar surface area (TPSA) is 84.6 Å². The van der Waals surface area contributed by atoms with Crippen LogP contribution in [0.2, 0.25) is 0 Å². The monoisotopic (exact) mass is 398 g/mol. The third-order valence-electron chi connectivity index (χ3n) is 5.61. The number of hydrogen-bond acceptors (Lipinski definition) is 5. The number of hydrogen-bond donors (Lipinski definition) is 1. The number of guanidine groups is 1.